The van der Waals surface area contributed by atoms with E-state index < -0.39 is 5.97 Å². The van der Waals surface area contributed by atoms with Crippen LogP contribution < -0.4 is 4.90 Å². The van der Waals surface area contributed by atoms with Crippen LogP contribution in [0.3, 0.4) is 0 Å². The molecule has 0 spiro atoms. The molecule has 1 aromatic heterocycles. The number of aromatic nitrogens is 3. The Morgan fingerprint density at radius 3 is 2.86 bits per heavy atom. The van der Waals surface area contributed by atoms with Gasteiger partial charge in [0, 0.05) is 24.3 Å². The molecule has 1 amide bonds. The third-order valence-electron chi connectivity index (χ3n) is 3.56. The van der Waals surface area contributed by atoms with Gasteiger partial charge in [0.1, 0.15) is 6.54 Å². The summed E-state index contributed by atoms with van der Waals surface area (Å²) in [6, 6.07) is 7.43. The zero-order valence-electron chi connectivity index (χ0n) is 11.2. The summed E-state index contributed by atoms with van der Waals surface area (Å²) in [5, 5.41) is 16.4. The SMILES string of the molecule is O=C(O)CC1CN(C(=O)Cn2ccnn2)c2ccccc21. The van der Waals surface area contributed by atoms with Crippen molar-refractivity contribution in [3.63, 3.8) is 0 Å². The first-order chi connectivity index (χ1) is 10.1. The molecule has 2 heterocycles. The van der Waals surface area contributed by atoms with Crippen LogP contribution in [-0.4, -0.2) is 38.5 Å². The number of fused-ring (bicyclic) bond motifs is 1. The molecule has 1 unspecified atom stereocenters. The van der Waals surface area contributed by atoms with Gasteiger partial charge in [0.25, 0.3) is 0 Å². The van der Waals surface area contributed by atoms with E-state index in [-0.39, 0.29) is 24.8 Å². The summed E-state index contributed by atoms with van der Waals surface area (Å²) >= 11 is 0. The first-order valence-electron chi connectivity index (χ1n) is 6.60. The van der Waals surface area contributed by atoms with E-state index >= 15 is 0 Å². The Balaban J connectivity index is 1.83. The van der Waals surface area contributed by atoms with Crippen LogP contribution >= 0.6 is 0 Å². The van der Waals surface area contributed by atoms with Crippen LogP contribution in [0.2, 0.25) is 0 Å². The number of benzene rings is 1. The van der Waals surface area contributed by atoms with Gasteiger partial charge in [0.2, 0.25) is 5.91 Å². The fourth-order valence-electron chi connectivity index (χ4n) is 2.66. The Labute approximate surface area is 120 Å². The van der Waals surface area contributed by atoms with Crippen molar-refractivity contribution in [2.75, 3.05) is 11.4 Å². The molecule has 0 fully saturated rings. The van der Waals surface area contributed by atoms with Crippen molar-refractivity contribution in [2.45, 2.75) is 18.9 Å². The zero-order valence-corrected chi connectivity index (χ0v) is 11.2. The molecular formula is C14H14N4O3. The largest absolute Gasteiger partial charge is 0.481 e. The highest BCUT2D eigenvalue weighted by atomic mass is 16.4. The van der Waals surface area contributed by atoms with E-state index in [4.69, 9.17) is 5.11 Å². The molecule has 21 heavy (non-hydrogen) atoms. The number of carbonyl (C=O) groups excluding carboxylic acids is 1. The lowest BCUT2D eigenvalue weighted by atomic mass is 9.98. The topological polar surface area (TPSA) is 88.3 Å². The molecule has 0 bridgehead atoms. The van der Waals surface area contributed by atoms with Crippen molar-refractivity contribution >= 4 is 17.6 Å². The van der Waals surface area contributed by atoms with E-state index in [1.807, 2.05) is 24.3 Å². The molecule has 3 rings (SSSR count). The van der Waals surface area contributed by atoms with Crippen molar-refractivity contribution in [3.8, 4) is 0 Å². The van der Waals surface area contributed by atoms with Crippen molar-refractivity contribution in [1.29, 1.82) is 0 Å². The summed E-state index contributed by atoms with van der Waals surface area (Å²) < 4.78 is 1.45. The molecule has 7 heteroatoms. The summed E-state index contributed by atoms with van der Waals surface area (Å²) in [6.45, 7) is 0.479. The van der Waals surface area contributed by atoms with E-state index in [0.29, 0.717) is 6.54 Å². The molecule has 1 N–H and O–H groups in total. The Bertz CT molecular complexity index is 669. The molecule has 1 aliphatic rings. The second-order valence-electron chi connectivity index (χ2n) is 4.96. The number of aliphatic carboxylic acids is 1. The predicted octanol–water partition coefficient (Wildman–Crippen LogP) is 0.883. The normalized spacial score (nSPS) is 16.8. The van der Waals surface area contributed by atoms with E-state index in [9.17, 15) is 9.59 Å². The van der Waals surface area contributed by atoms with Crippen LogP contribution in [-0.2, 0) is 16.1 Å². The molecule has 0 saturated carbocycles. The van der Waals surface area contributed by atoms with Gasteiger partial charge in [-0.3, -0.25) is 9.59 Å². The maximum Gasteiger partial charge on any atom is 0.304 e. The van der Waals surface area contributed by atoms with Crippen molar-refractivity contribution in [2.24, 2.45) is 0 Å². The average molecular weight is 286 g/mol. The Morgan fingerprint density at radius 2 is 2.14 bits per heavy atom. The minimum Gasteiger partial charge on any atom is -0.481 e. The van der Waals surface area contributed by atoms with Gasteiger partial charge in [-0.15, -0.1) is 5.10 Å². The molecule has 2 aromatic rings. The number of hydrogen-bond donors (Lipinski definition) is 1. The van der Waals surface area contributed by atoms with Crippen molar-refractivity contribution < 1.29 is 14.7 Å². The monoisotopic (exact) mass is 286 g/mol. The summed E-state index contributed by atoms with van der Waals surface area (Å²) in [7, 11) is 0. The minimum absolute atomic E-state index is 0.0180. The summed E-state index contributed by atoms with van der Waals surface area (Å²) in [5.41, 5.74) is 1.70. The van der Waals surface area contributed by atoms with Crippen LogP contribution in [0, 0.1) is 0 Å². The fourth-order valence-corrected chi connectivity index (χ4v) is 2.66. The average Bonchev–Trinajstić information content (AvgIpc) is 3.07. The summed E-state index contributed by atoms with van der Waals surface area (Å²) in [4.78, 5) is 25.0. The number of anilines is 1. The smallest absolute Gasteiger partial charge is 0.304 e. The number of nitrogens with zero attached hydrogens (tertiary/aromatic N) is 4. The molecule has 0 saturated heterocycles. The highest BCUT2D eigenvalue weighted by Gasteiger charge is 2.33. The third kappa shape index (κ3) is 2.62. The number of carbonyl (C=O) groups is 2. The summed E-state index contributed by atoms with van der Waals surface area (Å²) in [6.07, 6.45) is 3.15. The van der Waals surface area contributed by atoms with Crippen LogP contribution in [0.4, 0.5) is 5.69 Å². The number of hydrogen-bond acceptors (Lipinski definition) is 4. The number of rotatable bonds is 4. The molecule has 0 radical (unpaired) electrons. The molecule has 1 aromatic carbocycles. The number of para-hydroxylation sites is 1. The van der Waals surface area contributed by atoms with E-state index in [1.54, 1.807) is 11.1 Å². The van der Waals surface area contributed by atoms with Crippen LogP contribution in [0.25, 0.3) is 0 Å². The van der Waals surface area contributed by atoms with E-state index in [1.165, 1.54) is 10.9 Å². The number of carboxylic acid groups (broad SMARTS) is 1. The molecule has 108 valence electrons. The van der Waals surface area contributed by atoms with Gasteiger partial charge >= 0.3 is 5.97 Å². The van der Waals surface area contributed by atoms with Gasteiger partial charge in [-0.05, 0) is 11.6 Å². The van der Waals surface area contributed by atoms with Crippen molar-refractivity contribution in [3.05, 3.63) is 42.2 Å². The van der Waals surface area contributed by atoms with E-state index in [2.05, 4.69) is 10.3 Å². The van der Waals surface area contributed by atoms with Crippen LogP contribution in [0.15, 0.2) is 36.7 Å². The van der Waals surface area contributed by atoms with Crippen LogP contribution in [0.1, 0.15) is 17.9 Å². The van der Waals surface area contributed by atoms with Gasteiger partial charge in [-0.25, -0.2) is 4.68 Å². The highest BCUT2D eigenvalue weighted by Crippen LogP contribution is 2.37. The zero-order chi connectivity index (χ0) is 14.8. The Kier molecular flexibility index (Phi) is 3.39. The first-order valence-corrected chi connectivity index (χ1v) is 6.60. The minimum atomic E-state index is -0.861. The third-order valence-corrected chi connectivity index (χ3v) is 3.56. The quantitative estimate of drug-likeness (QED) is 0.901. The lowest BCUT2D eigenvalue weighted by molar-refractivity contribution is -0.137. The molecule has 1 aliphatic heterocycles. The maximum absolute atomic E-state index is 12.4. The lowest BCUT2D eigenvalue weighted by Crippen LogP contribution is -2.33. The van der Waals surface area contributed by atoms with Gasteiger partial charge < -0.3 is 10.0 Å². The highest BCUT2D eigenvalue weighted by molar-refractivity contribution is 5.96. The van der Waals surface area contributed by atoms with E-state index in [0.717, 1.165) is 11.3 Å². The predicted molar refractivity (Wildman–Crippen MR) is 73.8 cm³/mol. The molecule has 7 nitrogen and oxygen atoms in total. The van der Waals surface area contributed by atoms with Gasteiger partial charge in [0.15, 0.2) is 0 Å². The summed E-state index contributed by atoms with van der Waals surface area (Å²) in [5.74, 6) is -1.15. The molecule has 1 atom stereocenters. The number of carboxylic acids is 1. The van der Waals surface area contributed by atoms with Gasteiger partial charge in [-0.2, -0.15) is 0 Å². The standard InChI is InChI=1S/C14H14N4O3/c19-13(9-17-6-5-15-16-17)18-8-10(7-14(20)21)11-3-1-2-4-12(11)18/h1-6,10H,7-9H2,(H,20,21). The Morgan fingerprint density at radius 1 is 1.33 bits per heavy atom. The second kappa shape index (κ2) is 5.35. The fraction of sp³-hybridized carbons (Fsp3) is 0.286. The van der Waals surface area contributed by atoms with Gasteiger partial charge in [0.05, 0.1) is 12.6 Å². The lowest BCUT2D eigenvalue weighted by Gasteiger charge is -2.17. The first kappa shape index (κ1) is 13.3. The number of amides is 1. The maximum atomic E-state index is 12.4. The van der Waals surface area contributed by atoms with Crippen LogP contribution in [0.5, 0.6) is 0 Å². The Hall–Kier alpha value is -2.70. The van der Waals surface area contributed by atoms with Crippen molar-refractivity contribution in [1.82, 2.24) is 15.0 Å². The molecule has 0 aliphatic carbocycles. The van der Waals surface area contributed by atoms with Gasteiger partial charge in [-0.1, -0.05) is 23.4 Å². The second-order valence-corrected chi connectivity index (χ2v) is 4.96. The molecular weight excluding hydrogens is 272 g/mol.